The quantitative estimate of drug-likeness (QED) is 0.477. The Bertz CT molecular complexity index is 672. The van der Waals surface area contributed by atoms with Crippen LogP contribution in [-0.2, 0) is 9.53 Å². The van der Waals surface area contributed by atoms with Crippen LogP contribution in [0.2, 0.25) is 0 Å². The third-order valence-electron chi connectivity index (χ3n) is 2.82. The maximum atomic E-state index is 11.3. The SMILES string of the molecule is CCCC(=O)OCOc1ccc2c(C)cc(=O)oc2c1. The van der Waals surface area contributed by atoms with E-state index in [4.69, 9.17) is 13.9 Å². The van der Waals surface area contributed by atoms with Gasteiger partial charge in [0.25, 0.3) is 0 Å². The van der Waals surface area contributed by atoms with E-state index < -0.39 is 5.63 Å². The van der Waals surface area contributed by atoms with E-state index in [0.29, 0.717) is 17.8 Å². The van der Waals surface area contributed by atoms with E-state index in [1.165, 1.54) is 6.07 Å². The summed E-state index contributed by atoms with van der Waals surface area (Å²) < 4.78 is 15.3. The number of hydrogen-bond acceptors (Lipinski definition) is 5. The average Bonchev–Trinajstić information content (AvgIpc) is 2.38. The van der Waals surface area contributed by atoms with Crippen molar-refractivity contribution in [2.75, 3.05) is 6.79 Å². The number of carbonyl (C=O) groups is 1. The highest BCUT2D eigenvalue weighted by atomic mass is 16.7. The van der Waals surface area contributed by atoms with Crippen molar-refractivity contribution in [2.45, 2.75) is 26.7 Å². The van der Waals surface area contributed by atoms with E-state index in [2.05, 4.69) is 0 Å². The molecule has 0 saturated heterocycles. The molecule has 0 spiro atoms. The summed E-state index contributed by atoms with van der Waals surface area (Å²) in [6.07, 6.45) is 1.11. The van der Waals surface area contributed by atoms with Crippen molar-refractivity contribution in [3.63, 3.8) is 0 Å². The van der Waals surface area contributed by atoms with Gasteiger partial charge in [-0.25, -0.2) is 4.79 Å². The number of aryl methyl sites for hydroxylation is 1. The second-order valence-electron chi connectivity index (χ2n) is 4.43. The summed E-state index contributed by atoms with van der Waals surface area (Å²) in [7, 11) is 0. The van der Waals surface area contributed by atoms with Gasteiger partial charge in [0.1, 0.15) is 11.3 Å². The maximum absolute atomic E-state index is 11.3. The highest BCUT2D eigenvalue weighted by molar-refractivity contribution is 5.81. The van der Waals surface area contributed by atoms with Crippen LogP contribution in [0.3, 0.4) is 0 Å². The highest BCUT2D eigenvalue weighted by Crippen LogP contribution is 2.22. The predicted octanol–water partition coefficient (Wildman–Crippen LogP) is 2.78. The molecule has 0 atom stereocenters. The van der Waals surface area contributed by atoms with Crippen LogP contribution >= 0.6 is 0 Å². The molecule has 0 aliphatic rings. The van der Waals surface area contributed by atoms with Gasteiger partial charge in [0.15, 0.2) is 0 Å². The molecule has 0 fully saturated rings. The lowest BCUT2D eigenvalue weighted by atomic mass is 10.1. The van der Waals surface area contributed by atoms with Crippen molar-refractivity contribution >= 4 is 16.9 Å². The van der Waals surface area contributed by atoms with Crippen LogP contribution in [-0.4, -0.2) is 12.8 Å². The number of esters is 1. The van der Waals surface area contributed by atoms with Crippen LogP contribution in [0, 0.1) is 6.92 Å². The smallest absolute Gasteiger partial charge is 0.336 e. The van der Waals surface area contributed by atoms with Crippen molar-refractivity contribution in [3.05, 3.63) is 40.2 Å². The minimum absolute atomic E-state index is 0.152. The van der Waals surface area contributed by atoms with E-state index in [1.54, 1.807) is 18.2 Å². The molecular weight excluding hydrogens is 260 g/mol. The summed E-state index contributed by atoms with van der Waals surface area (Å²) in [6.45, 7) is 3.59. The Hall–Kier alpha value is -2.30. The Labute approximate surface area is 116 Å². The first kappa shape index (κ1) is 14.1. The lowest BCUT2D eigenvalue weighted by Gasteiger charge is -2.08. The van der Waals surface area contributed by atoms with Gasteiger partial charge in [0.2, 0.25) is 6.79 Å². The lowest BCUT2D eigenvalue weighted by Crippen LogP contribution is -2.09. The van der Waals surface area contributed by atoms with Gasteiger partial charge in [-0.2, -0.15) is 0 Å². The van der Waals surface area contributed by atoms with Crippen LogP contribution in [0.25, 0.3) is 11.0 Å². The first-order valence-corrected chi connectivity index (χ1v) is 6.43. The Morgan fingerprint density at radius 3 is 2.85 bits per heavy atom. The summed E-state index contributed by atoms with van der Waals surface area (Å²) >= 11 is 0. The first-order chi connectivity index (χ1) is 9.60. The van der Waals surface area contributed by atoms with Crippen molar-refractivity contribution in [2.24, 2.45) is 0 Å². The molecule has 0 amide bonds. The van der Waals surface area contributed by atoms with E-state index in [0.717, 1.165) is 17.4 Å². The monoisotopic (exact) mass is 276 g/mol. The largest absolute Gasteiger partial charge is 0.457 e. The van der Waals surface area contributed by atoms with Gasteiger partial charge in [-0.3, -0.25) is 4.79 Å². The fourth-order valence-corrected chi connectivity index (χ4v) is 1.83. The van der Waals surface area contributed by atoms with Crippen molar-refractivity contribution in [3.8, 4) is 5.75 Å². The molecule has 2 aromatic rings. The van der Waals surface area contributed by atoms with E-state index in [1.807, 2.05) is 13.8 Å². The van der Waals surface area contributed by atoms with Crippen LogP contribution in [0.5, 0.6) is 5.75 Å². The number of rotatable bonds is 5. The molecule has 1 aromatic heterocycles. The Morgan fingerprint density at radius 2 is 2.10 bits per heavy atom. The third-order valence-corrected chi connectivity index (χ3v) is 2.82. The van der Waals surface area contributed by atoms with E-state index >= 15 is 0 Å². The Balaban J connectivity index is 2.08. The van der Waals surface area contributed by atoms with Gasteiger partial charge in [0, 0.05) is 23.9 Å². The van der Waals surface area contributed by atoms with Crippen LogP contribution in [0.4, 0.5) is 0 Å². The van der Waals surface area contributed by atoms with Crippen molar-refractivity contribution in [1.82, 2.24) is 0 Å². The number of ether oxygens (including phenoxy) is 2. The number of hydrogen-bond donors (Lipinski definition) is 0. The molecule has 0 bridgehead atoms. The van der Waals surface area contributed by atoms with Crippen LogP contribution < -0.4 is 10.4 Å². The summed E-state index contributed by atoms with van der Waals surface area (Å²) in [5, 5.41) is 0.847. The zero-order valence-electron chi connectivity index (χ0n) is 11.5. The normalized spacial score (nSPS) is 10.5. The maximum Gasteiger partial charge on any atom is 0.336 e. The minimum atomic E-state index is -0.401. The Morgan fingerprint density at radius 1 is 1.30 bits per heavy atom. The van der Waals surface area contributed by atoms with Gasteiger partial charge in [0.05, 0.1) is 0 Å². The molecule has 0 unspecified atom stereocenters. The third kappa shape index (κ3) is 3.38. The van der Waals surface area contributed by atoms with Crippen LogP contribution in [0.15, 0.2) is 33.5 Å². The molecule has 0 aliphatic heterocycles. The second kappa shape index (κ2) is 6.23. The molecule has 2 rings (SSSR count). The molecule has 0 N–H and O–H groups in total. The standard InChI is InChI=1S/C15H16O5/c1-3-4-14(16)19-9-18-11-5-6-12-10(2)7-15(17)20-13(12)8-11/h5-8H,3-4,9H2,1-2H3. The van der Waals surface area contributed by atoms with Gasteiger partial charge in [-0.15, -0.1) is 0 Å². The van der Waals surface area contributed by atoms with E-state index in [9.17, 15) is 9.59 Å². The van der Waals surface area contributed by atoms with Crippen molar-refractivity contribution < 1.29 is 18.7 Å². The fourth-order valence-electron chi connectivity index (χ4n) is 1.83. The van der Waals surface area contributed by atoms with Gasteiger partial charge in [-0.1, -0.05) is 6.92 Å². The molecule has 0 saturated carbocycles. The minimum Gasteiger partial charge on any atom is -0.457 e. The predicted molar refractivity (Wildman–Crippen MR) is 73.7 cm³/mol. The molecule has 106 valence electrons. The van der Waals surface area contributed by atoms with Crippen LogP contribution in [0.1, 0.15) is 25.3 Å². The number of benzene rings is 1. The molecule has 1 heterocycles. The summed E-state index contributed by atoms with van der Waals surface area (Å²) in [5.74, 6) is 0.186. The van der Waals surface area contributed by atoms with Gasteiger partial charge in [-0.05, 0) is 31.0 Å². The zero-order chi connectivity index (χ0) is 14.5. The molecule has 5 nitrogen and oxygen atoms in total. The summed E-state index contributed by atoms with van der Waals surface area (Å²) in [4.78, 5) is 22.5. The molecule has 5 heteroatoms. The topological polar surface area (TPSA) is 65.7 Å². The molecule has 0 aliphatic carbocycles. The Kier molecular flexibility index (Phi) is 4.40. The number of carbonyl (C=O) groups excluding carboxylic acids is 1. The fraction of sp³-hybridized carbons (Fsp3) is 0.333. The summed E-state index contributed by atoms with van der Waals surface area (Å²) in [5.41, 5.74) is 0.895. The van der Waals surface area contributed by atoms with Gasteiger partial charge < -0.3 is 13.9 Å². The highest BCUT2D eigenvalue weighted by Gasteiger charge is 2.05. The van der Waals surface area contributed by atoms with E-state index in [-0.39, 0.29) is 12.8 Å². The first-order valence-electron chi connectivity index (χ1n) is 6.43. The second-order valence-corrected chi connectivity index (χ2v) is 4.43. The molecule has 20 heavy (non-hydrogen) atoms. The zero-order valence-corrected chi connectivity index (χ0v) is 11.5. The molecule has 1 aromatic carbocycles. The lowest BCUT2D eigenvalue weighted by molar-refractivity contribution is -0.150. The number of fused-ring (bicyclic) bond motifs is 1. The van der Waals surface area contributed by atoms with Crippen molar-refractivity contribution in [1.29, 1.82) is 0 Å². The molecular formula is C15H16O5. The average molecular weight is 276 g/mol. The van der Waals surface area contributed by atoms with Gasteiger partial charge >= 0.3 is 11.6 Å². The summed E-state index contributed by atoms with van der Waals surface area (Å²) in [6, 6.07) is 6.59. The molecule has 0 radical (unpaired) electrons.